The number of allylic oxidation sites excluding steroid dienone is 1. The Morgan fingerprint density at radius 3 is 2.47 bits per heavy atom. The molecule has 0 fully saturated rings. The molecule has 4 rings (SSSR count). The van der Waals surface area contributed by atoms with Gasteiger partial charge in [-0.2, -0.15) is 0 Å². The number of hydrogen-bond donors (Lipinski definition) is 0. The molecule has 0 unspecified atom stereocenters. The summed E-state index contributed by atoms with van der Waals surface area (Å²) in [5, 5.41) is 0. The van der Waals surface area contributed by atoms with Crippen LogP contribution >= 0.6 is 11.3 Å². The van der Waals surface area contributed by atoms with E-state index in [9.17, 15) is 9.59 Å². The van der Waals surface area contributed by atoms with Crippen molar-refractivity contribution in [3.05, 3.63) is 84.5 Å². The Bertz CT molecular complexity index is 1520. The zero-order valence-electron chi connectivity index (χ0n) is 22.3. The molecule has 0 amide bonds. The highest BCUT2D eigenvalue weighted by Crippen LogP contribution is 2.32. The van der Waals surface area contributed by atoms with E-state index in [1.54, 1.807) is 31.6 Å². The van der Waals surface area contributed by atoms with Crippen molar-refractivity contribution < 1.29 is 23.7 Å². The summed E-state index contributed by atoms with van der Waals surface area (Å²) >= 11 is 1.27. The van der Waals surface area contributed by atoms with Crippen molar-refractivity contribution in [2.24, 2.45) is 4.99 Å². The van der Waals surface area contributed by atoms with Gasteiger partial charge < -0.3 is 18.9 Å². The Balaban J connectivity index is 1.85. The van der Waals surface area contributed by atoms with Gasteiger partial charge >= 0.3 is 5.97 Å². The Morgan fingerprint density at radius 2 is 1.82 bits per heavy atom. The second-order valence-electron chi connectivity index (χ2n) is 8.56. The van der Waals surface area contributed by atoms with Gasteiger partial charge in [0.25, 0.3) is 5.56 Å². The third kappa shape index (κ3) is 5.52. The number of benzene rings is 2. The van der Waals surface area contributed by atoms with Gasteiger partial charge in [-0.1, -0.05) is 36.5 Å². The standard InChI is InChI=1S/C29H32N2O6S/c1-6-15-37-22-14-9-19(16-23(22)34-5)17-24-27(32)31-26(20-10-12-21(13-11-20)35-7-2)25(28(33)36-8-3)18(4)30-29(31)38-24/h9-14,16-17,26H,6-8,15H2,1-5H3/b24-17+/t26-/m1/s1. The molecule has 0 radical (unpaired) electrons. The van der Waals surface area contributed by atoms with Gasteiger partial charge in [0.15, 0.2) is 16.3 Å². The minimum absolute atomic E-state index is 0.218. The SMILES string of the molecule is CCCOc1ccc(/C=c2/sc3n(c2=O)[C@H](c2ccc(OCC)cc2)C(C(=O)OCC)=C(C)N=3)cc1OC. The normalized spacial score (nSPS) is 15.1. The fourth-order valence-corrected chi connectivity index (χ4v) is 5.32. The van der Waals surface area contributed by atoms with E-state index in [0.29, 0.717) is 51.1 Å². The Kier molecular flexibility index (Phi) is 8.68. The molecular weight excluding hydrogens is 504 g/mol. The maximum atomic E-state index is 13.8. The minimum atomic E-state index is -0.678. The first-order chi connectivity index (χ1) is 18.4. The third-order valence-corrected chi connectivity index (χ3v) is 6.95. The molecule has 0 bridgehead atoms. The topological polar surface area (TPSA) is 88.4 Å². The number of hydrogen-bond acceptors (Lipinski definition) is 8. The minimum Gasteiger partial charge on any atom is -0.494 e. The summed E-state index contributed by atoms with van der Waals surface area (Å²) in [7, 11) is 1.59. The molecule has 3 aromatic rings. The number of fused-ring (bicyclic) bond motifs is 1. The van der Waals surface area contributed by atoms with Crippen molar-refractivity contribution in [1.82, 2.24) is 4.57 Å². The molecule has 200 valence electrons. The van der Waals surface area contributed by atoms with E-state index in [-0.39, 0.29) is 12.2 Å². The van der Waals surface area contributed by atoms with Crippen LogP contribution in [-0.4, -0.2) is 37.5 Å². The molecule has 9 heteroatoms. The van der Waals surface area contributed by atoms with E-state index >= 15 is 0 Å². The van der Waals surface area contributed by atoms with Gasteiger partial charge in [0, 0.05) is 0 Å². The number of esters is 1. The Morgan fingerprint density at radius 1 is 1.05 bits per heavy atom. The number of nitrogens with zero attached hydrogens (tertiary/aromatic N) is 2. The van der Waals surface area contributed by atoms with Crippen molar-refractivity contribution in [1.29, 1.82) is 0 Å². The fourth-order valence-electron chi connectivity index (χ4n) is 4.28. The largest absolute Gasteiger partial charge is 0.494 e. The van der Waals surface area contributed by atoms with Gasteiger partial charge in [-0.15, -0.1) is 0 Å². The Labute approximate surface area is 225 Å². The molecular formula is C29H32N2O6S. The number of carbonyl (C=O) groups excluding carboxylic acids is 1. The highest BCUT2D eigenvalue weighted by atomic mass is 32.1. The summed E-state index contributed by atoms with van der Waals surface area (Å²) in [4.78, 5) is 32.0. The second kappa shape index (κ2) is 12.1. The number of aromatic nitrogens is 1. The number of methoxy groups -OCH3 is 1. The maximum absolute atomic E-state index is 13.8. The predicted octanol–water partition coefficient (Wildman–Crippen LogP) is 3.99. The zero-order chi connectivity index (χ0) is 27.2. The fraction of sp³-hybridized carbons (Fsp3) is 0.345. The van der Waals surface area contributed by atoms with Crippen LogP contribution in [0.25, 0.3) is 6.08 Å². The van der Waals surface area contributed by atoms with Gasteiger partial charge in [0.1, 0.15) is 5.75 Å². The summed E-state index contributed by atoms with van der Waals surface area (Å²) in [5.74, 6) is 1.46. The number of carbonyl (C=O) groups is 1. The second-order valence-corrected chi connectivity index (χ2v) is 9.57. The molecule has 8 nitrogen and oxygen atoms in total. The summed E-state index contributed by atoms with van der Waals surface area (Å²) in [6.07, 6.45) is 2.68. The molecule has 1 aliphatic rings. The smallest absolute Gasteiger partial charge is 0.338 e. The van der Waals surface area contributed by atoms with E-state index in [1.165, 1.54) is 11.3 Å². The lowest BCUT2D eigenvalue weighted by atomic mass is 9.96. The van der Waals surface area contributed by atoms with Crippen molar-refractivity contribution in [2.45, 2.75) is 40.2 Å². The molecule has 2 heterocycles. The Hall–Kier alpha value is -3.85. The number of rotatable bonds is 10. The first-order valence-corrected chi connectivity index (χ1v) is 13.5. The van der Waals surface area contributed by atoms with Gasteiger partial charge in [-0.25, -0.2) is 9.79 Å². The van der Waals surface area contributed by atoms with Crippen molar-refractivity contribution >= 4 is 23.4 Å². The van der Waals surface area contributed by atoms with Crippen molar-refractivity contribution in [3.8, 4) is 17.2 Å². The average Bonchev–Trinajstić information content (AvgIpc) is 3.21. The quantitative estimate of drug-likeness (QED) is 0.364. The molecule has 0 aliphatic carbocycles. The summed E-state index contributed by atoms with van der Waals surface area (Å²) in [5.41, 5.74) is 2.17. The molecule has 1 aliphatic heterocycles. The first kappa shape index (κ1) is 27.2. The van der Waals surface area contributed by atoms with Gasteiger partial charge in [0.05, 0.1) is 48.8 Å². The van der Waals surface area contributed by atoms with Crippen LogP contribution in [0.4, 0.5) is 0 Å². The molecule has 1 atom stereocenters. The van der Waals surface area contributed by atoms with Crippen LogP contribution in [0.1, 0.15) is 51.3 Å². The molecule has 2 aromatic carbocycles. The maximum Gasteiger partial charge on any atom is 0.338 e. The van der Waals surface area contributed by atoms with Gasteiger partial charge in [0.2, 0.25) is 0 Å². The van der Waals surface area contributed by atoms with Crippen LogP contribution in [0.2, 0.25) is 0 Å². The molecule has 1 aromatic heterocycles. The third-order valence-electron chi connectivity index (χ3n) is 5.97. The van der Waals surface area contributed by atoms with E-state index < -0.39 is 12.0 Å². The van der Waals surface area contributed by atoms with Crippen LogP contribution in [0.3, 0.4) is 0 Å². The summed E-state index contributed by atoms with van der Waals surface area (Å²) in [6, 6.07) is 12.3. The molecule has 0 saturated carbocycles. The molecule has 0 saturated heterocycles. The van der Waals surface area contributed by atoms with Crippen molar-refractivity contribution in [3.63, 3.8) is 0 Å². The van der Waals surface area contributed by atoms with Crippen LogP contribution in [0, 0.1) is 0 Å². The number of ether oxygens (including phenoxy) is 4. The van der Waals surface area contributed by atoms with Crippen LogP contribution in [0.5, 0.6) is 17.2 Å². The van der Waals surface area contributed by atoms with E-state index in [2.05, 4.69) is 4.99 Å². The van der Waals surface area contributed by atoms with Crippen LogP contribution in [0.15, 0.2) is 63.5 Å². The average molecular weight is 537 g/mol. The summed E-state index contributed by atoms with van der Waals surface area (Å²) < 4.78 is 24.3. The monoisotopic (exact) mass is 536 g/mol. The molecule has 0 N–H and O–H groups in total. The van der Waals surface area contributed by atoms with Crippen LogP contribution in [-0.2, 0) is 9.53 Å². The molecule has 0 spiro atoms. The number of thiazole rings is 1. The highest BCUT2D eigenvalue weighted by molar-refractivity contribution is 7.07. The first-order valence-electron chi connectivity index (χ1n) is 12.6. The predicted molar refractivity (Wildman–Crippen MR) is 147 cm³/mol. The lowest BCUT2D eigenvalue weighted by Gasteiger charge is -2.24. The van der Waals surface area contributed by atoms with E-state index in [4.69, 9.17) is 18.9 Å². The van der Waals surface area contributed by atoms with Crippen LogP contribution < -0.4 is 29.1 Å². The van der Waals surface area contributed by atoms with E-state index in [1.807, 2.05) is 56.3 Å². The molecule has 38 heavy (non-hydrogen) atoms. The summed E-state index contributed by atoms with van der Waals surface area (Å²) in [6.45, 7) is 8.82. The van der Waals surface area contributed by atoms with E-state index in [0.717, 1.165) is 17.5 Å². The zero-order valence-corrected chi connectivity index (χ0v) is 23.1. The lowest BCUT2D eigenvalue weighted by Crippen LogP contribution is -2.39. The van der Waals surface area contributed by atoms with Crippen molar-refractivity contribution in [2.75, 3.05) is 26.9 Å². The van der Waals surface area contributed by atoms with Gasteiger partial charge in [-0.05, 0) is 68.7 Å². The lowest BCUT2D eigenvalue weighted by molar-refractivity contribution is -0.139. The highest BCUT2D eigenvalue weighted by Gasteiger charge is 2.33. The van der Waals surface area contributed by atoms with Gasteiger partial charge in [-0.3, -0.25) is 9.36 Å².